The molecule has 0 radical (unpaired) electrons. The highest BCUT2D eigenvalue weighted by Gasteiger charge is -0.0744. The summed E-state index contributed by atoms with van der Waals surface area (Å²) >= 11 is 0. The largest absolute Gasteiger partial charge is 0.269 e. The maximum absolute atomic E-state index is 0. The molecule has 0 atom stereocenters. The second kappa shape index (κ2) is 2790. The highest BCUT2D eigenvalue weighted by Crippen LogP contribution is 0.425. The minimum absolute atomic E-state index is 0. The Morgan fingerprint density at radius 1 is 0.200 bits per heavy atom. The zero-order chi connectivity index (χ0) is 0. The van der Waals surface area contributed by atoms with E-state index in [1.54, 1.807) is 0 Å². The number of rotatable bonds is 0. The number of halogens is 6. The van der Waals surface area contributed by atoms with E-state index in [-0.39, 0.29) is 57.9 Å². The standard InChI is InChI=1S/4CH4.6FH/h4*1H4;6*1H. The van der Waals surface area contributed by atoms with Crippen LogP contribution in [0.3, 0.4) is 0 Å². The minimum Gasteiger partial charge on any atom is -0.269 e. The summed E-state index contributed by atoms with van der Waals surface area (Å²) in [6.45, 7) is 0. The van der Waals surface area contributed by atoms with Gasteiger partial charge in [-0.05, 0) is 0 Å². The quantitative estimate of drug-likeness (QED) is 0.506. The van der Waals surface area contributed by atoms with Crippen molar-refractivity contribution < 1.29 is 28.2 Å². The van der Waals surface area contributed by atoms with Crippen molar-refractivity contribution in [2.75, 3.05) is 0 Å². The van der Waals surface area contributed by atoms with Gasteiger partial charge in [-0.15, -0.1) is 0 Å². The van der Waals surface area contributed by atoms with Crippen LogP contribution in [0.4, 0.5) is 28.2 Å². The molecule has 0 saturated carbocycles. The van der Waals surface area contributed by atoms with Crippen LogP contribution in [-0.2, 0) is 0 Å². The first-order valence-electron chi connectivity index (χ1n) is 0. The predicted molar refractivity (Wildman–Crippen MR) is 41.9 cm³/mol. The summed E-state index contributed by atoms with van der Waals surface area (Å²) < 4.78 is 0. The van der Waals surface area contributed by atoms with Gasteiger partial charge in [0.05, 0.1) is 0 Å². The predicted octanol–water partition coefficient (Wildman–Crippen LogP) is 3.46. The Balaban J connectivity index is 0. The lowest BCUT2D eigenvalue weighted by Gasteiger charge is -0.270. The lowest BCUT2D eigenvalue weighted by atomic mass is 12.0. The lowest BCUT2D eigenvalue weighted by molar-refractivity contribution is 1.11. The third-order valence-corrected chi connectivity index (χ3v) is 0. The average Bonchev–Trinajstić information content (AvgIpc) is 0. The zero-order valence-corrected chi connectivity index (χ0v) is 2.45. The molecule has 0 spiro atoms. The molecule has 6 heteroatoms. The first kappa shape index (κ1) is 4000. The first-order chi connectivity index (χ1) is 0. The van der Waals surface area contributed by atoms with Gasteiger partial charge in [-0.2, -0.15) is 0 Å². The Kier molecular flexibility index (Phi) is 1120000. The molecule has 10 heavy (non-hydrogen) atoms. The molecule has 0 bridgehead atoms. The van der Waals surface area contributed by atoms with Gasteiger partial charge in [0.25, 0.3) is 0 Å². The summed E-state index contributed by atoms with van der Waals surface area (Å²) in [6, 6.07) is 0. The van der Waals surface area contributed by atoms with E-state index in [4.69, 9.17) is 0 Å². The van der Waals surface area contributed by atoms with E-state index < -0.39 is 0 Å². The molecule has 0 aromatic heterocycles. The molecule has 0 fully saturated rings. The van der Waals surface area contributed by atoms with Gasteiger partial charge < -0.3 is 0 Å². The van der Waals surface area contributed by atoms with Gasteiger partial charge in [0.1, 0.15) is 0 Å². The molecule has 0 unspecified atom stereocenters. The van der Waals surface area contributed by atoms with Gasteiger partial charge in [-0.3, -0.25) is 28.2 Å². The summed E-state index contributed by atoms with van der Waals surface area (Å²) in [7, 11) is 0. The van der Waals surface area contributed by atoms with Gasteiger partial charge >= 0.3 is 0 Å². The molecule has 0 aromatic rings. The number of hydrogen-bond donors (Lipinski definition) is 0. The van der Waals surface area contributed by atoms with E-state index in [2.05, 4.69) is 0 Å². The van der Waals surface area contributed by atoms with E-state index >= 15 is 0 Å². The van der Waals surface area contributed by atoms with Crippen LogP contribution in [0.2, 0.25) is 0 Å². The summed E-state index contributed by atoms with van der Waals surface area (Å²) in [6.07, 6.45) is 0. The van der Waals surface area contributed by atoms with Crippen molar-refractivity contribution in [2.45, 2.75) is 29.7 Å². The van der Waals surface area contributed by atoms with E-state index in [9.17, 15) is 0 Å². The van der Waals surface area contributed by atoms with Gasteiger partial charge in [0.15, 0.2) is 0 Å². The maximum atomic E-state index is 0. The Hall–Kier alpha value is -0.420. The fourth-order valence-corrected chi connectivity index (χ4v) is 0. The van der Waals surface area contributed by atoms with Crippen LogP contribution in [-0.4, -0.2) is 0 Å². The van der Waals surface area contributed by atoms with Crippen molar-refractivity contribution in [1.29, 1.82) is 0 Å². The van der Waals surface area contributed by atoms with Gasteiger partial charge in [0, 0.05) is 0 Å². The van der Waals surface area contributed by atoms with Crippen molar-refractivity contribution in [2.24, 2.45) is 0 Å². The van der Waals surface area contributed by atoms with E-state index in [1.807, 2.05) is 0 Å². The molecule has 0 aliphatic rings. The molecule has 0 saturated heterocycles. The molecular formula is C4H22F6. The summed E-state index contributed by atoms with van der Waals surface area (Å²) in [4.78, 5) is 0. The molecule has 0 aliphatic heterocycles. The molecule has 0 aromatic carbocycles. The normalized spacial score (nSPS) is 0. The topological polar surface area (TPSA) is 0 Å². The van der Waals surface area contributed by atoms with Crippen LogP contribution in [0.25, 0.3) is 0 Å². The summed E-state index contributed by atoms with van der Waals surface area (Å²) in [5.74, 6) is 0. The molecule has 0 rings (SSSR count). The van der Waals surface area contributed by atoms with E-state index in [0.29, 0.717) is 0 Å². The summed E-state index contributed by atoms with van der Waals surface area (Å²) in [5, 5.41) is 0. The second-order valence-corrected chi connectivity index (χ2v) is 0. The summed E-state index contributed by atoms with van der Waals surface area (Å²) in [5.41, 5.74) is 0. The SMILES string of the molecule is C.C.C.C.F.F.F.F.F.F. The van der Waals surface area contributed by atoms with Crippen molar-refractivity contribution in [1.82, 2.24) is 0 Å². The van der Waals surface area contributed by atoms with Crippen molar-refractivity contribution in [3.63, 3.8) is 0 Å². The zero-order valence-electron chi connectivity index (χ0n) is 2.45. The molecule has 80 valence electrons. The fourth-order valence-electron chi connectivity index (χ4n) is 0. The Morgan fingerprint density at radius 3 is 0.200 bits per heavy atom. The Bertz CT molecular complexity index is 9.71. The average molecular weight is 184 g/mol. The Labute approximate surface area is 59.2 Å². The smallest absolute Gasteiger partial charge is 0.0776 e. The molecule has 0 heterocycles. The van der Waals surface area contributed by atoms with Crippen molar-refractivity contribution in [3.05, 3.63) is 0 Å². The van der Waals surface area contributed by atoms with Crippen molar-refractivity contribution >= 4 is 0 Å². The van der Waals surface area contributed by atoms with Crippen LogP contribution >= 0.6 is 0 Å². The maximum Gasteiger partial charge on any atom is -0.0776 e. The molecule has 0 aliphatic carbocycles. The van der Waals surface area contributed by atoms with Crippen LogP contribution in [0, 0.1) is 0 Å². The fraction of sp³-hybridized carbons (Fsp3) is 1.00. The third kappa shape index (κ3) is 1860. The molecule has 0 nitrogen and oxygen atoms in total. The van der Waals surface area contributed by atoms with Crippen LogP contribution < -0.4 is 0 Å². The van der Waals surface area contributed by atoms with Crippen LogP contribution in [0.5, 0.6) is 0 Å². The highest BCUT2D eigenvalue weighted by molar-refractivity contribution is 2.51. The van der Waals surface area contributed by atoms with Gasteiger partial charge in [-0.1, -0.05) is 29.7 Å². The Morgan fingerprint density at radius 2 is 0.200 bits per heavy atom. The molecule has 0 N–H and O–H groups in total. The van der Waals surface area contributed by atoms with E-state index in [1.165, 1.54) is 0 Å². The third-order valence-electron chi connectivity index (χ3n) is 0. The van der Waals surface area contributed by atoms with Crippen LogP contribution in [0.1, 0.15) is 29.7 Å². The van der Waals surface area contributed by atoms with Crippen molar-refractivity contribution in [3.8, 4) is 0 Å². The second-order valence-electron chi connectivity index (χ2n) is 0. The van der Waals surface area contributed by atoms with E-state index in [0.717, 1.165) is 0 Å². The minimum atomic E-state index is 0. The first-order valence-corrected chi connectivity index (χ1v) is 0. The molecular weight excluding hydrogens is 162 g/mol. The monoisotopic (exact) mass is 184 g/mol. The lowest BCUT2D eigenvalue weighted by Crippen LogP contribution is 0.143. The molecule has 0 amide bonds. The number of hydrogen-bond acceptors (Lipinski definition) is 0. The van der Waals surface area contributed by atoms with Crippen LogP contribution in [0.15, 0.2) is 0 Å². The van der Waals surface area contributed by atoms with Gasteiger partial charge in [0.2, 0.25) is 0 Å². The van der Waals surface area contributed by atoms with Gasteiger partial charge in [-0.25, -0.2) is 0 Å². The highest BCUT2D eigenvalue weighted by atomic mass is 19.0.